The topological polar surface area (TPSA) is 34.5 Å². The minimum absolute atomic E-state index is 0.294. The molecule has 20 heavy (non-hydrogen) atoms. The monoisotopic (exact) mass is 270 g/mol. The molecule has 5 heteroatoms. The van der Waals surface area contributed by atoms with Gasteiger partial charge in [-0.3, -0.25) is 0 Å². The second kappa shape index (κ2) is 5.86. The van der Waals surface area contributed by atoms with Gasteiger partial charge in [-0.25, -0.2) is 4.79 Å². The number of benzene rings is 1. The summed E-state index contributed by atoms with van der Waals surface area (Å²) in [7, 11) is 5.97. The summed E-state index contributed by atoms with van der Waals surface area (Å²) in [6.07, 6.45) is 0. The van der Waals surface area contributed by atoms with E-state index in [4.69, 9.17) is 4.74 Å². The summed E-state index contributed by atoms with van der Waals surface area (Å²) in [4.78, 5) is 14.0. The zero-order valence-corrected chi connectivity index (χ0v) is 12.4. The third kappa shape index (κ3) is 2.71. The van der Waals surface area contributed by atoms with Gasteiger partial charge in [0.1, 0.15) is 5.69 Å². The molecule has 0 saturated carbocycles. The first-order valence-electron chi connectivity index (χ1n) is 6.67. The number of anilines is 1. The van der Waals surface area contributed by atoms with E-state index in [-0.39, 0.29) is 5.97 Å². The molecule has 0 fully saturated rings. The molecule has 0 aliphatic heterocycles. The van der Waals surface area contributed by atoms with Gasteiger partial charge in [-0.05, 0) is 42.8 Å². The zero-order chi connectivity index (χ0) is 14.7. The van der Waals surface area contributed by atoms with Crippen LogP contribution in [0, 0.1) is 0 Å². The van der Waals surface area contributed by atoms with Gasteiger partial charge < -0.3 is 14.2 Å². The second-order valence-corrected chi connectivity index (χ2v) is 4.83. The van der Waals surface area contributed by atoms with Crippen molar-refractivity contribution < 1.29 is 9.53 Å². The van der Waals surface area contributed by atoms with Crippen LogP contribution >= 0.6 is 0 Å². The van der Waals surface area contributed by atoms with E-state index in [1.165, 1.54) is 0 Å². The Morgan fingerprint density at radius 2 is 1.85 bits per heavy atom. The van der Waals surface area contributed by atoms with Gasteiger partial charge in [-0.1, -0.05) is 6.07 Å². The fourth-order valence-electron chi connectivity index (χ4n) is 2.15. The van der Waals surface area contributed by atoms with Gasteiger partial charge in [0.25, 0.3) is 0 Å². The summed E-state index contributed by atoms with van der Waals surface area (Å²) in [5.41, 5.74) is 3.64. The van der Waals surface area contributed by atoms with E-state index in [0.29, 0.717) is 12.3 Å². The SMILES string of the molecule is Bc1ccc(C(=O)OCC)n1-c1ccc(N(C)C)cc1. The molecule has 2 rings (SSSR count). The zero-order valence-electron chi connectivity index (χ0n) is 12.4. The number of nitrogens with zero attached hydrogens (tertiary/aromatic N) is 2. The van der Waals surface area contributed by atoms with Crippen LogP contribution in [0.15, 0.2) is 36.4 Å². The van der Waals surface area contributed by atoms with Gasteiger partial charge in [0.05, 0.1) is 6.61 Å². The van der Waals surface area contributed by atoms with Crippen LogP contribution in [0.4, 0.5) is 5.69 Å². The lowest BCUT2D eigenvalue weighted by Crippen LogP contribution is -2.20. The molecule has 4 nitrogen and oxygen atoms in total. The van der Waals surface area contributed by atoms with Crippen molar-refractivity contribution in [1.82, 2.24) is 4.57 Å². The molecule has 2 aromatic rings. The van der Waals surface area contributed by atoms with Gasteiger partial charge in [0.15, 0.2) is 7.85 Å². The van der Waals surface area contributed by atoms with Crippen LogP contribution in [0.3, 0.4) is 0 Å². The third-order valence-corrected chi connectivity index (χ3v) is 3.18. The molecule has 0 N–H and O–H groups in total. The molecule has 0 aliphatic rings. The summed E-state index contributed by atoms with van der Waals surface area (Å²) in [5.74, 6) is -0.294. The van der Waals surface area contributed by atoms with Crippen molar-refractivity contribution >= 4 is 25.1 Å². The van der Waals surface area contributed by atoms with Gasteiger partial charge in [-0.2, -0.15) is 0 Å². The van der Waals surface area contributed by atoms with Crippen LogP contribution in [-0.4, -0.2) is 39.1 Å². The van der Waals surface area contributed by atoms with Crippen LogP contribution in [0.2, 0.25) is 0 Å². The summed E-state index contributed by atoms with van der Waals surface area (Å²) >= 11 is 0. The lowest BCUT2D eigenvalue weighted by atomic mass is 10.1. The molecule has 0 aliphatic carbocycles. The number of esters is 1. The number of aromatic nitrogens is 1. The molecule has 0 spiro atoms. The fraction of sp³-hybridized carbons (Fsp3) is 0.267. The smallest absolute Gasteiger partial charge is 0.355 e. The van der Waals surface area contributed by atoms with Gasteiger partial charge in [0, 0.05) is 25.5 Å². The lowest BCUT2D eigenvalue weighted by molar-refractivity contribution is 0.0517. The van der Waals surface area contributed by atoms with Crippen molar-refractivity contribution in [3.05, 3.63) is 42.1 Å². The molecule has 104 valence electrons. The van der Waals surface area contributed by atoms with E-state index >= 15 is 0 Å². The molecule has 0 amide bonds. The van der Waals surface area contributed by atoms with E-state index < -0.39 is 0 Å². The molecule has 0 radical (unpaired) electrons. The molecule has 0 bridgehead atoms. The standard InChI is InChI=1S/C15H19BN2O2/c1-4-20-15(19)13-9-10-14(16)18(13)12-7-5-11(6-8-12)17(2)3/h5-10H,4,16H2,1-3H3. The van der Waals surface area contributed by atoms with Crippen LogP contribution in [-0.2, 0) is 4.74 Å². The Balaban J connectivity index is 2.41. The quantitative estimate of drug-likeness (QED) is 0.613. The highest BCUT2D eigenvalue weighted by Crippen LogP contribution is 2.17. The largest absolute Gasteiger partial charge is 0.461 e. The van der Waals surface area contributed by atoms with Crippen LogP contribution < -0.4 is 10.5 Å². The van der Waals surface area contributed by atoms with E-state index in [0.717, 1.165) is 17.0 Å². The molecular formula is C15H19BN2O2. The molecule has 1 aromatic heterocycles. The first-order valence-corrected chi connectivity index (χ1v) is 6.67. The summed E-state index contributed by atoms with van der Waals surface area (Å²) < 4.78 is 7.01. The third-order valence-electron chi connectivity index (χ3n) is 3.18. The van der Waals surface area contributed by atoms with Crippen molar-refractivity contribution in [1.29, 1.82) is 0 Å². The van der Waals surface area contributed by atoms with Crippen molar-refractivity contribution in [2.45, 2.75) is 6.92 Å². The molecular weight excluding hydrogens is 251 g/mol. The average molecular weight is 270 g/mol. The first kappa shape index (κ1) is 14.2. The van der Waals surface area contributed by atoms with Gasteiger partial charge >= 0.3 is 5.97 Å². The van der Waals surface area contributed by atoms with E-state index in [1.807, 2.05) is 68.7 Å². The Labute approximate surface area is 120 Å². The maximum Gasteiger partial charge on any atom is 0.355 e. The number of carbonyl (C=O) groups is 1. The van der Waals surface area contributed by atoms with Crippen molar-refractivity contribution in [2.24, 2.45) is 0 Å². The lowest BCUT2D eigenvalue weighted by Gasteiger charge is -2.15. The first-order chi connectivity index (χ1) is 9.54. The predicted octanol–water partition coefficient (Wildman–Crippen LogP) is 0.978. The second-order valence-electron chi connectivity index (χ2n) is 4.83. The Morgan fingerprint density at radius 1 is 1.20 bits per heavy atom. The van der Waals surface area contributed by atoms with Crippen LogP contribution in [0.25, 0.3) is 5.69 Å². The summed E-state index contributed by atoms with van der Waals surface area (Å²) in [6.45, 7) is 2.19. The summed E-state index contributed by atoms with van der Waals surface area (Å²) in [6, 6.07) is 11.8. The minimum atomic E-state index is -0.294. The highest BCUT2D eigenvalue weighted by molar-refractivity contribution is 6.31. The van der Waals surface area contributed by atoms with Crippen LogP contribution in [0.1, 0.15) is 17.4 Å². The number of rotatable bonds is 4. The highest BCUT2D eigenvalue weighted by Gasteiger charge is 2.15. The molecule has 1 heterocycles. The Kier molecular flexibility index (Phi) is 4.18. The maximum atomic E-state index is 12.0. The van der Waals surface area contributed by atoms with Crippen molar-refractivity contribution in [3.63, 3.8) is 0 Å². The Bertz CT molecular complexity index is 603. The van der Waals surface area contributed by atoms with E-state index in [2.05, 4.69) is 0 Å². The van der Waals surface area contributed by atoms with Gasteiger partial charge in [-0.15, -0.1) is 0 Å². The average Bonchev–Trinajstić information content (AvgIpc) is 2.81. The van der Waals surface area contributed by atoms with Gasteiger partial charge in [0.2, 0.25) is 0 Å². The highest BCUT2D eigenvalue weighted by atomic mass is 16.5. The Hall–Kier alpha value is -2.17. The van der Waals surface area contributed by atoms with E-state index in [1.54, 1.807) is 6.07 Å². The number of carbonyl (C=O) groups excluding carboxylic acids is 1. The van der Waals surface area contributed by atoms with Crippen molar-refractivity contribution in [3.8, 4) is 5.69 Å². The van der Waals surface area contributed by atoms with Crippen molar-refractivity contribution in [2.75, 3.05) is 25.6 Å². The molecule has 0 atom stereocenters. The maximum absolute atomic E-state index is 12.0. The molecule has 0 saturated heterocycles. The molecule has 0 unspecified atom stereocenters. The summed E-state index contributed by atoms with van der Waals surface area (Å²) in [5, 5.41) is 0. The van der Waals surface area contributed by atoms with Crippen LogP contribution in [0.5, 0.6) is 0 Å². The molecule has 1 aromatic carbocycles. The minimum Gasteiger partial charge on any atom is -0.461 e. The normalized spacial score (nSPS) is 10.3. The number of hydrogen-bond donors (Lipinski definition) is 0. The fourth-order valence-corrected chi connectivity index (χ4v) is 2.15. The number of hydrogen-bond acceptors (Lipinski definition) is 3. The predicted molar refractivity (Wildman–Crippen MR) is 84.2 cm³/mol. The van der Waals surface area contributed by atoms with E-state index in [9.17, 15) is 4.79 Å². The Morgan fingerprint density at radius 3 is 2.40 bits per heavy atom. The number of ether oxygens (including phenoxy) is 1.